The van der Waals surface area contributed by atoms with Crippen molar-refractivity contribution in [1.29, 1.82) is 5.41 Å². The monoisotopic (exact) mass is 191 g/mol. The zero-order valence-electron chi connectivity index (χ0n) is 8.96. The molecule has 14 heavy (non-hydrogen) atoms. The molecule has 0 spiro atoms. The first-order valence-corrected chi connectivity index (χ1v) is 4.67. The lowest BCUT2D eigenvalue weighted by Crippen LogP contribution is -2.24. The lowest BCUT2D eigenvalue weighted by atomic mass is 10.2. The van der Waals surface area contributed by atoms with E-state index in [1.165, 1.54) is 0 Å². The van der Waals surface area contributed by atoms with Gasteiger partial charge in [-0.05, 0) is 19.1 Å². The van der Waals surface area contributed by atoms with Crippen LogP contribution in [0.2, 0.25) is 0 Å². The summed E-state index contributed by atoms with van der Waals surface area (Å²) in [6.45, 7) is 2.48. The average molecular weight is 191 g/mol. The summed E-state index contributed by atoms with van der Waals surface area (Å²) in [5.41, 5.74) is 2.89. The fraction of sp³-hybridized carbons (Fsp3) is 0.364. The number of anilines is 2. The van der Waals surface area contributed by atoms with Crippen LogP contribution in [0.25, 0.3) is 0 Å². The van der Waals surface area contributed by atoms with Crippen molar-refractivity contribution in [2.45, 2.75) is 6.92 Å². The van der Waals surface area contributed by atoms with E-state index in [1.54, 1.807) is 0 Å². The van der Waals surface area contributed by atoms with Gasteiger partial charge in [0.15, 0.2) is 0 Å². The highest BCUT2D eigenvalue weighted by atomic mass is 15.1. The summed E-state index contributed by atoms with van der Waals surface area (Å²) in [6, 6.07) is 8.09. The summed E-state index contributed by atoms with van der Waals surface area (Å²) in [5, 5.41) is 10.6. The number of hydrogen-bond acceptors (Lipinski definition) is 3. The predicted molar refractivity (Wildman–Crippen MR) is 62.7 cm³/mol. The molecule has 0 heterocycles. The van der Waals surface area contributed by atoms with E-state index in [0.29, 0.717) is 12.3 Å². The van der Waals surface area contributed by atoms with Crippen molar-refractivity contribution >= 4 is 17.1 Å². The highest BCUT2D eigenvalue weighted by Crippen LogP contribution is 2.23. The maximum Gasteiger partial charge on any atom is 0.0602 e. The molecule has 0 fully saturated rings. The van der Waals surface area contributed by atoms with Gasteiger partial charge in [-0.15, -0.1) is 0 Å². The van der Waals surface area contributed by atoms with Gasteiger partial charge in [0.05, 0.1) is 17.9 Å². The molecule has 3 nitrogen and oxygen atoms in total. The molecule has 0 saturated carbocycles. The van der Waals surface area contributed by atoms with Crippen molar-refractivity contribution in [1.82, 2.24) is 0 Å². The van der Waals surface area contributed by atoms with Gasteiger partial charge in [-0.25, -0.2) is 0 Å². The molecule has 0 bridgehead atoms. The van der Waals surface area contributed by atoms with E-state index in [9.17, 15) is 0 Å². The molecule has 3 heteroatoms. The third kappa shape index (κ3) is 2.49. The van der Waals surface area contributed by atoms with Crippen LogP contribution < -0.4 is 10.2 Å². The first-order chi connectivity index (χ1) is 6.65. The molecule has 1 rings (SSSR count). The topological polar surface area (TPSA) is 39.1 Å². The number of nitrogens with one attached hydrogen (secondary N) is 2. The van der Waals surface area contributed by atoms with E-state index in [1.807, 2.05) is 39.2 Å². The first-order valence-electron chi connectivity index (χ1n) is 4.67. The molecule has 0 radical (unpaired) electrons. The summed E-state index contributed by atoms with van der Waals surface area (Å²) in [6.07, 6.45) is 0. The molecule has 1 aromatic rings. The quantitative estimate of drug-likeness (QED) is 0.716. The smallest absolute Gasteiger partial charge is 0.0602 e. The molecule has 0 atom stereocenters. The second-order valence-electron chi connectivity index (χ2n) is 3.40. The molecule has 1 aromatic carbocycles. The Morgan fingerprint density at radius 1 is 1.43 bits per heavy atom. The molecule has 0 aliphatic rings. The van der Waals surface area contributed by atoms with Crippen LogP contribution in [-0.4, -0.2) is 26.4 Å². The molecular formula is C11H17N3. The predicted octanol–water partition coefficient (Wildman–Crippen LogP) is 2.20. The zero-order valence-corrected chi connectivity index (χ0v) is 8.96. The Labute approximate surface area is 85.3 Å². The number of rotatable bonds is 4. The molecule has 0 aromatic heterocycles. The highest BCUT2D eigenvalue weighted by Gasteiger charge is 2.05. The van der Waals surface area contributed by atoms with Gasteiger partial charge in [0.2, 0.25) is 0 Å². The van der Waals surface area contributed by atoms with Crippen molar-refractivity contribution in [3.8, 4) is 0 Å². The third-order valence-electron chi connectivity index (χ3n) is 2.06. The van der Waals surface area contributed by atoms with E-state index < -0.39 is 0 Å². The minimum absolute atomic E-state index is 0.665. The number of para-hydroxylation sites is 2. The molecule has 0 aliphatic carbocycles. The van der Waals surface area contributed by atoms with Crippen LogP contribution in [0.4, 0.5) is 11.4 Å². The summed E-state index contributed by atoms with van der Waals surface area (Å²) >= 11 is 0. The minimum atomic E-state index is 0.665. The number of benzene rings is 1. The Morgan fingerprint density at radius 2 is 2.07 bits per heavy atom. The molecule has 2 N–H and O–H groups in total. The number of hydrogen-bond donors (Lipinski definition) is 2. The molecule has 0 aliphatic heterocycles. The molecular weight excluding hydrogens is 174 g/mol. The highest BCUT2D eigenvalue weighted by molar-refractivity contribution is 5.85. The molecule has 0 saturated heterocycles. The Bertz CT molecular complexity index is 320. The fourth-order valence-corrected chi connectivity index (χ4v) is 1.46. The zero-order chi connectivity index (χ0) is 10.6. The SMILES string of the molecule is CNc1ccccc1N(C)CC(C)=N. The van der Waals surface area contributed by atoms with Crippen LogP contribution in [0.15, 0.2) is 24.3 Å². The van der Waals surface area contributed by atoms with Crippen LogP contribution in [0.1, 0.15) is 6.92 Å². The van der Waals surface area contributed by atoms with Crippen molar-refractivity contribution in [3.05, 3.63) is 24.3 Å². The van der Waals surface area contributed by atoms with E-state index in [4.69, 9.17) is 5.41 Å². The summed E-state index contributed by atoms with van der Waals surface area (Å²) in [4.78, 5) is 2.06. The minimum Gasteiger partial charge on any atom is -0.386 e. The fourth-order valence-electron chi connectivity index (χ4n) is 1.46. The Balaban J connectivity index is 2.87. The normalized spacial score (nSPS) is 9.64. The lowest BCUT2D eigenvalue weighted by molar-refractivity contribution is 1.05. The second kappa shape index (κ2) is 4.65. The Hall–Kier alpha value is -1.51. The van der Waals surface area contributed by atoms with Crippen molar-refractivity contribution in [2.24, 2.45) is 0 Å². The first kappa shape index (κ1) is 10.6. The summed E-state index contributed by atoms with van der Waals surface area (Å²) in [5.74, 6) is 0. The van der Waals surface area contributed by atoms with Crippen LogP contribution in [0.5, 0.6) is 0 Å². The van der Waals surface area contributed by atoms with Crippen molar-refractivity contribution < 1.29 is 0 Å². The lowest BCUT2D eigenvalue weighted by Gasteiger charge is -2.21. The number of nitrogens with zero attached hydrogens (tertiary/aromatic N) is 1. The van der Waals surface area contributed by atoms with Gasteiger partial charge in [-0.1, -0.05) is 12.1 Å². The summed E-state index contributed by atoms with van der Waals surface area (Å²) in [7, 11) is 3.90. The molecule has 0 unspecified atom stereocenters. The van der Waals surface area contributed by atoms with Gasteiger partial charge in [0.25, 0.3) is 0 Å². The van der Waals surface area contributed by atoms with Gasteiger partial charge in [0, 0.05) is 19.8 Å². The van der Waals surface area contributed by atoms with Gasteiger partial charge in [-0.2, -0.15) is 0 Å². The molecule has 76 valence electrons. The second-order valence-corrected chi connectivity index (χ2v) is 3.40. The van der Waals surface area contributed by atoms with Crippen LogP contribution >= 0.6 is 0 Å². The van der Waals surface area contributed by atoms with Crippen LogP contribution in [0.3, 0.4) is 0 Å². The third-order valence-corrected chi connectivity index (χ3v) is 2.06. The van der Waals surface area contributed by atoms with Crippen LogP contribution in [-0.2, 0) is 0 Å². The average Bonchev–Trinajstić information content (AvgIpc) is 2.16. The largest absolute Gasteiger partial charge is 0.386 e. The maximum absolute atomic E-state index is 7.44. The summed E-state index contributed by atoms with van der Waals surface area (Å²) < 4.78 is 0. The van der Waals surface area contributed by atoms with Gasteiger partial charge in [-0.3, -0.25) is 0 Å². The Morgan fingerprint density at radius 3 is 2.64 bits per heavy atom. The standard InChI is InChI=1S/C11H17N3/c1-9(12)8-14(3)11-7-5-4-6-10(11)13-2/h4-7,12-13H,8H2,1-3H3. The van der Waals surface area contributed by atoms with E-state index >= 15 is 0 Å². The van der Waals surface area contributed by atoms with Gasteiger partial charge in [0.1, 0.15) is 0 Å². The van der Waals surface area contributed by atoms with E-state index in [2.05, 4.69) is 16.3 Å². The van der Waals surface area contributed by atoms with Crippen molar-refractivity contribution in [3.63, 3.8) is 0 Å². The molecule has 0 amide bonds. The van der Waals surface area contributed by atoms with E-state index in [-0.39, 0.29) is 0 Å². The van der Waals surface area contributed by atoms with Crippen LogP contribution in [0, 0.1) is 5.41 Å². The maximum atomic E-state index is 7.44. The van der Waals surface area contributed by atoms with E-state index in [0.717, 1.165) is 11.4 Å². The Kier molecular flexibility index (Phi) is 3.51. The van der Waals surface area contributed by atoms with Crippen molar-refractivity contribution in [2.75, 3.05) is 30.9 Å². The van der Waals surface area contributed by atoms with Gasteiger partial charge >= 0.3 is 0 Å². The van der Waals surface area contributed by atoms with Gasteiger partial charge < -0.3 is 15.6 Å².